The Labute approximate surface area is 181 Å². The van der Waals surface area contributed by atoms with E-state index in [0.717, 1.165) is 27.7 Å². The molecule has 154 valence electrons. The van der Waals surface area contributed by atoms with Gasteiger partial charge in [-0.3, -0.25) is 0 Å². The van der Waals surface area contributed by atoms with Crippen LogP contribution < -0.4 is 14.2 Å². The van der Waals surface area contributed by atoms with Crippen LogP contribution in [0.5, 0.6) is 17.2 Å². The van der Waals surface area contributed by atoms with Crippen LogP contribution in [0, 0.1) is 0 Å². The summed E-state index contributed by atoms with van der Waals surface area (Å²) in [6.07, 6.45) is 0. The van der Waals surface area contributed by atoms with Crippen LogP contribution >= 0.6 is 23.1 Å². The number of thioether (sulfide) groups is 1. The first kappa shape index (κ1) is 20.2. The summed E-state index contributed by atoms with van der Waals surface area (Å²) < 4.78 is 17.6. The van der Waals surface area contributed by atoms with Crippen LogP contribution in [-0.2, 0) is 5.75 Å². The standard InChI is InChI=1S/C20H19N5O3S2/c1-26-16-7-5-15(6-8-16)25-20(22-23-24-25)30-12-14-11-29-19(21-14)13-4-9-17(27-2)18(10-13)28-3/h4-11H,12H2,1-3H3. The number of thiazole rings is 1. The molecule has 0 saturated heterocycles. The van der Waals surface area contributed by atoms with Gasteiger partial charge < -0.3 is 14.2 Å². The second kappa shape index (κ2) is 9.14. The molecule has 0 bridgehead atoms. The minimum atomic E-state index is 0.653. The zero-order valence-electron chi connectivity index (χ0n) is 16.6. The van der Waals surface area contributed by atoms with E-state index in [1.54, 1.807) is 37.3 Å². The fourth-order valence-corrected chi connectivity index (χ4v) is 4.47. The fraction of sp³-hybridized carbons (Fsp3) is 0.200. The summed E-state index contributed by atoms with van der Waals surface area (Å²) in [6.45, 7) is 0. The lowest BCUT2D eigenvalue weighted by Crippen LogP contribution is -1.99. The average Bonchev–Trinajstić information content (AvgIpc) is 3.47. The van der Waals surface area contributed by atoms with Gasteiger partial charge >= 0.3 is 0 Å². The van der Waals surface area contributed by atoms with E-state index in [9.17, 15) is 0 Å². The summed E-state index contributed by atoms with van der Waals surface area (Å²) >= 11 is 3.11. The molecule has 4 rings (SSSR count). The van der Waals surface area contributed by atoms with Gasteiger partial charge in [-0.05, 0) is 52.9 Å². The molecule has 0 N–H and O–H groups in total. The normalized spacial score (nSPS) is 10.8. The number of ether oxygens (including phenoxy) is 3. The molecule has 4 aromatic rings. The quantitative estimate of drug-likeness (QED) is 0.378. The monoisotopic (exact) mass is 441 g/mol. The molecule has 30 heavy (non-hydrogen) atoms. The lowest BCUT2D eigenvalue weighted by molar-refractivity contribution is 0.355. The van der Waals surface area contributed by atoms with E-state index in [2.05, 4.69) is 15.5 Å². The molecule has 0 spiro atoms. The highest BCUT2D eigenvalue weighted by Crippen LogP contribution is 2.34. The molecule has 0 radical (unpaired) electrons. The molecule has 10 heteroatoms. The number of hydrogen-bond acceptors (Lipinski definition) is 9. The van der Waals surface area contributed by atoms with Crippen molar-refractivity contribution >= 4 is 23.1 Å². The first-order valence-electron chi connectivity index (χ1n) is 8.94. The first-order valence-corrected chi connectivity index (χ1v) is 10.8. The Morgan fingerprint density at radius 1 is 0.967 bits per heavy atom. The maximum Gasteiger partial charge on any atom is 0.214 e. The minimum absolute atomic E-state index is 0.653. The lowest BCUT2D eigenvalue weighted by atomic mass is 10.2. The molecular formula is C20H19N5O3S2. The van der Waals surface area contributed by atoms with Gasteiger partial charge in [0.2, 0.25) is 5.16 Å². The van der Waals surface area contributed by atoms with Crippen LogP contribution in [0.2, 0.25) is 0 Å². The van der Waals surface area contributed by atoms with Crippen molar-refractivity contribution in [2.75, 3.05) is 21.3 Å². The third-order valence-electron chi connectivity index (χ3n) is 4.29. The fourth-order valence-electron chi connectivity index (χ4n) is 2.77. The van der Waals surface area contributed by atoms with Crippen LogP contribution in [0.4, 0.5) is 0 Å². The third-order valence-corrected chi connectivity index (χ3v) is 6.18. The minimum Gasteiger partial charge on any atom is -0.497 e. The number of aromatic nitrogens is 5. The van der Waals surface area contributed by atoms with Crippen molar-refractivity contribution in [1.82, 2.24) is 25.2 Å². The Morgan fingerprint density at radius 2 is 1.77 bits per heavy atom. The number of tetrazole rings is 1. The third kappa shape index (κ3) is 4.24. The molecule has 2 aromatic carbocycles. The Hall–Kier alpha value is -3.11. The summed E-state index contributed by atoms with van der Waals surface area (Å²) in [6, 6.07) is 13.4. The maximum atomic E-state index is 5.39. The van der Waals surface area contributed by atoms with Crippen LogP contribution in [0.3, 0.4) is 0 Å². The molecule has 0 fully saturated rings. The molecule has 0 saturated carbocycles. The zero-order valence-corrected chi connectivity index (χ0v) is 18.2. The predicted molar refractivity (Wildman–Crippen MR) is 116 cm³/mol. The van der Waals surface area contributed by atoms with E-state index >= 15 is 0 Å². The van der Waals surface area contributed by atoms with Crippen molar-refractivity contribution in [3.05, 3.63) is 53.5 Å². The maximum absolute atomic E-state index is 5.39. The summed E-state index contributed by atoms with van der Waals surface area (Å²) in [4.78, 5) is 4.74. The summed E-state index contributed by atoms with van der Waals surface area (Å²) in [5.74, 6) is 2.81. The Balaban J connectivity index is 1.47. The van der Waals surface area contributed by atoms with Gasteiger partial charge in [0.05, 0.1) is 32.7 Å². The van der Waals surface area contributed by atoms with Gasteiger partial charge in [-0.15, -0.1) is 16.4 Å². The van der Waals surface area contributed by atoms with Crippen LogP contribution in [0.25, 0.3) is 16.3 Å². The molecule has 0 aliphatic rings. The highest BCUT2D eigenvalue weighted by atomic mass is 32.2. The predicted octanol–water partition coefficient (Wildman–Crippen LogP) is 4.10. The average molecular weight is 442 g/mol. The van der Waals surface area contributed by atoms with Crippen molar-refractivity contribution in [2.45, 2.75) is 10.9 Å². The van der Waals surface area contributed by atoms with Gasteiger partial charge in [0.15, 0.2) is 11.5 Å². The van der Waals surface area contributed by atoms with E-state index in [1.807, 2.05) is 47.8 Å². The van der Waals surface area contributed by atoms with Crippen molar-refractivity contribution < 1.29 is 14.2 Å². The molecule has 0 atom stereocenters. The summed E-state index contributed by atoms with van der Waals surface area (Å²) in [5, 5.41) is 15.7. The largest absolute Gasteiger partial charge is 0.497 e. The second-order valence-corrected chi connectivity index (χ2v) is 7.87. The van der Waals surface area contributed by atoms with Crippen LogP contribution in [0.15, 0.2) is 53.0 Å². The van der Waals surface area contributed by atoms with Crippen LogP contribution in [-0.4, -0.2) is 46.5 Å². The Bertz CT molecular complexity index is 1130. The summed E-state index contributed by atoms with van der Waals surface area (Å²) in [7, 11) is 4.88. The van der Waals surface area contributed by atoms with Gasteiger partial charge in [-0.2, -0.15) is 4.68 Å². The molecule has 0 amide bonds. The van der Waals surface area contributed by atoms with E-state index < -0.39 is 0 Å². The molecule has 2 aromatic heterocycles. The van der Waals surface area contributed by atoms with Gasteiger partial charge in [0.25, 0.3) is 0 Å². The van der Waals surface area contributed by atoms with E-state index in [4.69, 9.17) is 19.2 Å². The Morgan fingerprint density at radius 3 is 2.50 bits per heavy atom. The smallest absolute Gasteiger partial charge is 0.214 e. The van der Waals surface area contributed by atoms with Crippen molar-refractivity contribution in [3.8, 4) is 33.5 Å². The van der Waals surface area contributed by atoms with Gasteiger partial charge in [-0.1, -0.05) is 11.8 Å². The number of nitrogens with zero attached hydrogens (tertiary/aromatic N) is 5. The molecule has 8 nitrogen and oxygen atoms in total. The molecular weight excluding hydrogens is 422 g/mol. The highest BCUT2D eigenvalue weighted by Gasteiger charge is 2.13. The van der Waals surface area contributed by atoms with Gasteiger partial charge in [0.1, 0.15) is 10.8 Å². The molecule has 0 aliphatic heterocycles. The van der Waals surface area contributed by atoms with Gasteiger partial charge in [-0.25, -0.2) is 4.98 Å². The van der Waals surface area contributed by atoms with E-state index in [-0.39, 0.29) is 0 Å². The topological polar surface area (TPSA) is 84.2 Å². The van der Waals surface area contributed by atoms with Crippen LogP contribution in [0.1, 0.15) is 5.69 Å². The van der Waals surface area contributed by atoms with Crippen molar-refractivity contribution in [1.29, 1.82) is 0 Å². The number of benzene rings is 2. The summed E-state index contributed by atoms with van der Waals surface area (Å²) in [5.41, 5.74) is 2.81. The Kier molecular flexibility index (Phi) is 6.15. The van der Waals surface area contributed by atoms with E-state index in [0.29, 0.717) is 22.4 Å². The highest BCUT2D eigenvalue weighted by molar-refractivity contribution is 7.98. The number of rotatable bonds is 8. The molecule has 0 unspecified atom stereocenters. The molecule has 2 heterocycles. The number of methoxy groups -OCH3 is 3. The lowest BCUT2D eigenvalue weighted by Gasteiger charge is -2.08. The zero-order chi connectivity index (χ0) is 20.9. The number of hydrogen-bond donors (Lipinski definition) is 0. The van der Waals surface area contributed by atoms with Gasteiger partial charge in [0, 0.05) is 16.7 Å². The molecule has 0 aliphatic carbocycles. The van der Waals surface area contributed by atoms with E-state index in [1.165, 1.54) is 11.8 Å². The second-order valence-electron chi connectivity index (χ2n) is 6.07. The SMILES string of the molecule is COc1ccc(-n2nnnc2SCc2csc(-c3ccc(OC)c(OC)c3)n2)cc1. The van der Waals surface area contributed by atoms with Crippen molar-refractivity contribution in [2.24, 2.45) is 0 Å². The first-order chi connectivity index (χ1) is 14.7. The van der Waals surface area contributed by atoms with Crippen molar-refractivity contribution in [3.63, 3.8) is 0 Å².